The number of rotatable bonds is 0. The van der Waals surface area contributed by atoms with Crippen LogP contribution in [-0.4, -0.2) is 11.3 Å². The van der Waals surface area contributed by atoms with Gasteiger partial charge in [0.05, 0.1) is 5.54 Å². The summed E-state index contributed by atoms with van der Waals surface area (Å²) in [5.41, 5.74) is 5.66. The molecule has 2 fully saturated rings. The molecule has 0 aliphatic heterocycles. The van der Waals surface area contributed by atoms with Gasteiger partial charge >= 0.3 is 0 Å². The van der Waals surface area contributed by atoms with E-state index in [2.05, 4.69) is 13.8 Å². The standard InChI is InChI=1S/C9H15NO/c1-8(2)6-3-4-9(8,10)7(11)5-6/h6H,3-5,10H2,1-2H3/t6-,9+/m1/s1. The van der Waals surface area contributed by atoms with E-state index in [4.69, 9.17) is 5.73 Å². The molecule has 0 aromatic carbocycles. The van der Waals surface area contributed by atoms with Gasteiger partial charge in [0, 0.05) is 6.42 Å². The molecule has 0 aromatic heterocycles. The van der Waals surface area contributed by atoms with Crippen LogP contribution < -0.4 is 5.73 Å². The fraction of sp³-hybridized carbons (Fsp3) is 0.889. The van der Waals surface area contributed by atoms with Crippen molar-refractivity contribution in [2.45, 2.75) is 38.6 Å². The Bertz CT molecular complexity index is 222. The molecule has 0 saturated heterocycles. The minimum atomic E-state index is -0.475. The highest BCUT2D eigenvalue weighted by molar-refractivity contribution is 5.93. The number of fused-ring (bicyclic) bond motifs is 2. The molecule has 0 spiro atoms. The Morgan fingerprint density at radius 2 is 2.18 bits per heavy atom. The van der Waals surface area contributed by atoms with E-state index in [0.717, 1.165) is 19.3 Å². The van der Waals surface area contributed by atoms with Gasteiger partial charge in [-0.15, -0.1) is 0 Å². The van der Waals surface area contributed by atoms with Gasteiger partial charge in [0.1, 0.15) is 0 Å². The normalized spacial score (nSPS) is 46.8. The van der Waals surface area contributed by atoms with Crippen LogP contribution in [0.1, 0.15) is 33.1 Å². The lowest BCUT2D eigenvalue weighted by atomic mass is 9.77. The number of hydrogen-bond donors (Lipinski definition) is 1. The lowest BCUT2D eigenvalue weighted by Crippen LogP contribution is -2.51. The van der Waals surface area contributed by atoms with Gasteiger partial charge in [0.15, 0.2) is 5.78 Å². The Hall–Kier alpha value is -0.370. The number of ketones is 1. The quantitative estimate of drug-likeness (QED) is 0.566. The first-order valence-corrected chi connectivity index (χ1v) is 4.31. The van der Waals surface area contributed by atoms with Gasteiger partial charge in [-0.1, -0.05) is 13.8 Å². The molecule has 11 heavy (non-hydrogen) atoms. The topological polar surface area (TPSA) is 43.1 Å². The third-order valence-electron chi connectivity index (χ3n) is 3.99. The van der Waals surface area contributed by atoms with E-state index in [-0.39, 0.29) is 5.41 Å². The van der Waals surface area contributed by atoms with E-state index in [9.17, 15) is 4.79 Å². The van der Waals surface area contributed by atoms with Crippen LogP contribution in [-0.2, 0) is 4.79 Å². The smallest absolute Gasteiger partial charge is 0.153 e. The van der Waals surface area contributed by atoms with Crippen molar-refractivity contribution in [2.75, 3.05) is 0 Å². The monoisotopic (exact) mass is 153 g/mol. The molecular formula is C9H15NO. The van der Waals surface area contributed by atoms with Crippen LogP contribution in [0.2, 0.25) is 0 Å². The summed E-state index contributed by atoms with van der Waals surface area (Å²) < 4.78 is 0. The summed E-state index contributed by atoms with van der Waals surface area (Å²) in [5, 5.41) is 0. The van der Waals surface area contributed by atoms with Gasteiger partial charge in [0.25, 0.3) is 0 Å². The maximum absolute atomic E-state index is 11.4. The molecule has 2 aliphatic carbocycles. The van der Waals surface area contributed by atoms with Gasteiger partial charge in [-0.25, -0.2) is 0 Å². The van der Waals surface area contributed by atoms with Crippen LogP contribution in [0.15, 0.2) is 0 Å². The Morgan fingerprint density at radius 3 is 2.36 bits per heavy atom. The van der Waals surface area contributed by atoms with Crippen molar-refractivity contribution < 1.29 is 4.79 Å². The minimum absolute atomic E-state index is 0.0596. The summed E-state index contributed by atoms with van der Waals surface area (Å²) in [4.78, 5) is 11.4. The highest BCUT2D eigenvalue weighted by atomic mass is 16.1. The largest absolute Gasteiger partial charge is 0.319 e. The number of nitrogens with two attached hydrogens (primary N) is 1. The first-order valence-electron chi connectivity index (χ1n) is 4.31. The highest BCUT2D eigenvalue weighted by Gasteiger charge is 2.62. The predicted molar refractivity (Wildman–Crippen MR) is 43.0 cm³/mol. The van der Waals surface area contributed by atoms with Crippen molar-refractivity contribution >= 4 is 5.78 Å². The molecule has 0 heterocycles. The minimum Gasteiger partial charge on any atom is -0.319 e. The molecule has 0 unspecified atom stereocenters. The van der Waals surface area contributed by atoms with E-state index in [1.54, 1.807) is 0 Å². The van der Waals surface area contributed by atoms with Crippen LogP contribution in [0.4, 0.5) is 0 Å². The SMILES string of the molecule is CC1(C)[C@@H]2CC[C@]1(N)C(=O)C2. The van der Waals surface area contributed by atoms with E-state index < -0.39 is 5.54 Å². The number of carbonyl (C=O) groups excluding carboxylic acids is 1. The number of Topliss-reactive ketones (excluding diaryl/α,β-unsaturated/α-hetero) is 1. The van der Waals surface area contributed by atoms with Crippen LogP contribution >= 0.6 is 0 Å². The number of carbonyl (C=O) groups is 1. The number of hydrogen-bond acceptors (Lipinski definition) is 2. The summed E-state index contributed by atoms with van der Waals surface area (Å²) in [5.74, 6) is 0.846. The third-order valence-corrected chi connectivity index (χ3v) is 3.99. The predicted octanol–water partition coefficient (Wildman–Crippen LogP) is 1.09. The zero-order chi connectivity index (χ0) is 8.28. The van der Waals surface area contributed by atoms with E-state index >= 15 is 0 Å². The molecule has 2 atom stereocenters. The van der Waals surface area contributed by atoms with Crippen LogP contribution in [0, 0.1) is 11.3 Å². The molecule has 2 aliphatic rings. The van der Waals surface area contributed by atoms with Crippen molar-refractivity contribution in [1.82, 2.24) is 0 Å². The van der Waals surface area contributed by atoms with Gasteiger partial charge in [-0.3, -0.25) is 4.79 Å². The molecule has 62 valence electrons. The van der Waals surface area contributed by atoms with Gasteiger partial charge in [-0.2, -0.15) is 0 Å². The molecule has 0 amide bonds. The maximum atomic E-state index is 11.4. The molecular weight excluding hydrogens is 138 g/mol. The molecule has 2 nitrogen and oxygen atoms in total. The Balaban J connectivity index is 2.47. The molecule has 0 radical (unpaired) electrons. The van der Waals surface area contributed by atoms with Crippen molar-refractivity contribution in [2.24, 2.45) is 17.1 Å². The van der Waals surface area contributed by atoms with E-state index in [0.29, 0.717) is 11.7 Å². The Morgan fingerprint density at radius 1 is 1.55 bits per heavy atom. The summed E-state index contributed by atoms with van der Waals surface area (Å²) in [7, 11) is 0. The molecule has 0 aromatic rings. The fourth-order valence-corrected chi connectivity index (χ4v) is 2.71. The zero-order valence-corrected chi connectivity index (χ0v) is 7.18. The second-order valence-electron chi connectivity index (χ2n) is 4.56. The Kier molecular flexibility index (Phi) is 1.12. The lowest BCUT2D eigenvalue weighted by Gasteiger charge is -2.32. The Labute approximate surface area is 67.1 Å². The fourth-order valence-electron chi connectivity index (χ4n) is 2.71. The molecule has 2 bridgehead atoms. The zero-order valence-electron chi connectivity index (χ0n) is 7.18. The van der Waals surface area contributed by atoms with Gasteiger partial charge < -0.3 is 5.73 Å². The van der Waals surface area contributed by atoms with Gasteiger partial charge in [0.2, 0.25) is 0 Å². The second kappa shape index (κ2) is 1.69. The van der Waals surface area contributed by atoms with Crippen LogP contribution in [0.25, 0.3) is 0 Å². The third kappa shape index (κ3) is 0.598. The first kappa shape index (κ1) is 7.29. The second-order valence-corrected chi connectivity index (χ2v) is 4.56. The lowest BCUT2D eigenvalue weighted by molar-refractivity contribution is -0.124. The molecule has 2 N–H and O–H groups in total. The average Bonchev–Trinajstić information content (AvgIpc) is 2.20. The average molecular weight is 153 g/mol. The first-order chi connectivity index (χ1) is 4.98. The van der Waals surface area contributed by atoms with E-state index in [1.165, 1.54) is 0 Å². The van der Waals surface area contributed by atoms with Crippen LogP contribution in [0.3, 0.4) is 0 Å². The summed E-state index contributed by atoms with van der Waals surface area (Å²) in [6.45, 7) is 4.27. The molecule has 2 heteroatoms. The summed E-state index contributed by atoms with van der Waals surface area (Å²) in [6, 6.07) is 0. The molecule has 2 rings (SSSR count). The summed E-state index contributed by atoms with van der Waals surface area (Å²) >= 11 is 0. The van der Waals surface area contributed by atoms with Crippen molar-refractivity contribution in [3.63, 3.8) is 0 Å². The molecule has 2 saturated carbocycles. The van der Waals surface area contributed by atoms with E-state index in [1.807, 2.05) is 0 Å². The van der Waals surface area contributed by atoms with Crippen molar-refractivity contribution in [3.8, 4) is 0 Å². The maximum Gasteiger partial charge on any atom is 0.153 e. The summed E-state index contributed by atoms with van der Waals surface area (Å²) in [6.07, 6.45) is 2.78. The highest BCUT2D eigenvalue weighted by Crippen LogP contribution is 2.56. The van der Waals surface area contributed by atoms with Gasteiger partial charge in [-0.05, 0) is 24.2 Å². The van der Waals surface area contributed by atoms with Crippen molar-refractivity contribution in [3.05, 3.63) is 0 Å². The van der Waals surface area contributed by atoms with Crippen LogP contribution in [0.5, 0.6) is 0 Å². The van der Waals surface area contributed by atoms with Crippen molar-refractivity contribution in [1.29, 1.82) is 0 Å².